The first-order valence-corrected chi connectivity index (χ1v) is 7.42. The molecule has 0 amide bonds. The fourth-order valence-corrected chi connectivity index (χ4v) is 2.45. The summed E-state index contributed by atoms with van der Waals surface area (Å²) >= 11 is 3.22. The second-order valence-corrected chi connectivity index (χ2v) is 5.49. The molecule has 20 heavy (non-hydrogen) atoms. The van der Waals surface area contributed by atoms with Crippen molar-refractivity contribution < 1.29 is 4.39 Å². The molecule has 1 aromatic heterocycles. The molecule has 106 valence electrons. The molecule has 2 rings (SSSR count). The van der Waals surface area contributed by atoms with E-state index in [1.165, 1.54) is 12.4 Å². The minimum absolute atomic E-state index is 0.133. The Morgan fingerprint density at radius 1 is 1.30 bits per heavy atom. The average molecular weight is 338 g/mol. The van der Waals surface area contributed by atoms with E-state index in [0.717, 1.165) is 30.5 Å². The molecule has 0 spiro atoms. The maximum atomic E-state index is 13.3. The van der Waals surface area contributed by atoms with Crippen molar-refractivity contribution in [3.8, 4) is 0 Å². The summed E-state index contributed by atoms with van der Waals surface area (Å²) < 4.78 is 13.8. The van der Waals surface area contributed by atoms with Gasteiger partial charge in [0.2, 0.25) is 0 Å². The molecule has 5 heteroatoms. The van der Waals surface area contributed by atoms with Crippen LogP contribution in [0.1, 0.15) is 30.5 Å². The Kier molecular flexibility index (Phi) is 5.61. The summed E-state index contributed by atoms with van der Waals surface area (Å²) in [6.45, 7) is 3.04. The quantitative estimate of drug-likeness (QED) is 0.873. The lowest BCUT2D eigenvalue weighted by Crippen LogP contribution is -2.24. The molecule has 0 radical (unpaired) electrons. The minimum atomic E-state index is -0.241. The molecule has 1 unspecified atom stereocenters. The molecule has 1 aromatic carbocycles. The van der Waals surface area contributed by atoms with Crippen LogP contribution in [0.4, 0.5) is 4.39 Å². The van der Waals surface area contributed by atoms with E-state index in [2.05, 4.69) is 38.1 Å². The van der Waals surface area contributed by atoms with Gasteiger partial charge in [0.1, 0.15) is 12.1 Å². The first-order valence-electron chi connectivity index (χ1n) is 6.63. The van der Waals surface area contributed by atoms with Crippen molar-refractivity contribution >= 4 is 15.9 Å². The Hall–Kier alpha value is -1.33. The number of rotatable bonds is 6. The van der Waals surface area contributed by atoms with Crippen LogP contribution < -0.4 is 5.32 Å². The standard InChI is InChI=1S/C15H17BrFN3/c1-2-5-20-15(12-8-18-10-19-9-12)7-11-3-4-14(17)13(16)6-11/h3-4,6,8-10,15,20H,2,5,7H2,1H3. The number of nitrogens with one attached hydrogen (secondary N) is 1. The summed E-state index contributed by atoms with van der Waals surface area (Å²) in [5.41, 5.74) is 2.11. The van der Waals surface area contributed by atoms with Crippen molar-refractivity contribution in [1.82, 2.24) is 15.3 Å². The summed E-state index contributed by atoms with van der Waals surface area (Å²) in [4.78, 5) is 8.13. The summed E-state index contributed by atoms with van der Waals surface area (Å²) in [7, 11) is 0. The van der Waals surface area contributed by atoms with Crippen LogP contribution in [0.5, 0.6) is 0 Å². The fourth-order valence-electron chi connectivity index (χ4n) is 2.02. The number of hydrogen-bond acceptors (Lipinski definition) is 3. The van der Waals surface area contributed by atoms with E-state index in [-0.39, 0.29) is 11.9 Å². The van der Waals surface area contributed by atoms with Gasteiger partial charge in [-0.15, -0.1) is 0 Å². The van der Waals surface area contributed by atoms with Crippen LogP contribution in [0.15, 0.2) is 41.4 Å². The van der Waals surface area contributed by atoms with Crippen LogP contribution in [-0.2, 0) is 6.42 Å². The van der Waals surface area contributed by atoms with Gasteiger partial charge in [0, 0.05) is 24.0 Å². The maximum Gasteiger partial charge on any atom is 0.137 e. The summed E-state index contributed by atoms with van der Waals surface area (Å²) in [6, 6.07) is 5.25. The van der Waals surface area contributed by atoms with Crippen LogP contribution in [0, 0.1) is 5.82 Å². The van der Waals surface area contributed by atoms with Crippen LogP contribution in [0.25, 0.3) is 0 Å². The normalized spacial score (nSPS) is 12.3. The van der Waals surface area contributed by atoms with Crippen molar-refractivity contribution in [2.45, 2.75) is 25.8 Å². The van der Waals surface area contributed by atoms with Gasteiger partial charge in [0.25, 0.3) is 0 Å². The second-order valence-electron chi connectivity index (χ2n) is 4.63. The molecule has 0 bridgehead atoms. The van der Waals surface area contributed by atoms with Gasteiger partial charge >= 0.3 is 0 Å². The predicted octanol–water partition coefficient (Wildman–Crippen LogP) is 3.66. The van der Waals surface area contributed by atoms with Crippen molar-refractivity contribution in [1.29, 1.82) is 0 Å². The van der Waals surface area contributed by atoms with E-state index >= 15 is 0 Å². The highest BCUT2D eigenvalue weighted by molar-refractivity contribution is 9.10. The second kappa shape index (κ2) is 7.45. The SMILES string of the molecule is CCCNC(Cc1ccc(F)c(Br)c1)c1cncnc1. The van der Waals surface area contributed by atoms with E-state index in [4.69, 9.17) is 0 Å². The first kappa shape index (κ1) is 15.1. The van der Waals surface area contributed by atoms with Crippen LogP contribution in [0.2, 0.25) is 0 Å². The molecule has 1 N–H and O–H groups in total. The Labute approximate surface area is 126 Å². The van der Waals surface area contributed by atoms with E-state index in [1.54, 1.807) is 0 Å². The minimum Gasteiger partial charge on any atom is -0.310 e. The smallest absolute Gasteiger partial charge is 0.137 e. The third-order valence-corrected chi connectivity index (χ3v) is 3.66. The van der Waals surface area contributed by atoms with Gasteiger partial charge in [-0.1, -0.05) is 13.0 Å². The van der Waals surface area contributed by atoms with Crippen LogP contribution in [-0.4, -0.2) is 16.5 Å². The molecular formula is C15H17BrFN3. The number of hydrogen-bond donors (Lipinski definition) is 1. The van der Waals surface area contributed by atoms with Crippen molar-refractivity contribution in [2.24, 2.45) is 0 Å². The molecule has 1 heterocycles. The monoisotopic (exact) mass is 337 g/mol. The third kappa shape index (κ3) is 4.08. The zero-order valence-electron chi connectivity index (χ0n) is 11.3. The van der Waals surface area contributed by atoms with E-state index in [9.17, 15) is 4.39 Å². The van der Waals surface area contributed by atoms with Crippen molar-refractivity contribution in [3.05, 3.63) is 58.3 Å². The highest BCUT2D eigenvalue weighted by Gasteiger charge is 2.13. The molecular weight excluding hydrogens is 321 g/mol. The number of aromatic nitrogens is 2. The fraction of sp³-hybridized carbons (Fsp3) is 0.333. The molecule has 2 aromatic rings. The molecule has 0 saturated carbocycles. The van der Waals surface area contributed by atoms with Gasteiger partial charge in [-0.05, 0) is 53.0 Å². The molecule has 1 atom stereocenters. The van der Waals surface area contributed by atoms with Crippen molar-refractivity contribution in [2.75, 3.05) is 6.54 Å². The van der Waals surface area contributed by atoms with Gasteiger partial charge in [-0.25, -0.2) is 14.4 Å². The van der Waals surface area contributed by atoms with Gasteiger partial charge in [0.05, 0.1) is 4.47 Å². The van der Waals surface area contributed by atoms with E-state index < -0.39 is 0 Å². The molecule has 0 aliphatic carbocycles. The molecule has 3 nitrogen and oxygen atoms in total. The van der Waals surface area contributed by atoms with Gasteiger partial charge in [-0.3, -0.25) is 0 Å². The number of benzene rings is 1. The summed E-state index contributed by atoms with van der Waals surface area (Å²) in [5, 5.41) is 3.48. The Morgan fingerprint density at radius 2 is 2.05 bits per heavy atom. The van der Waals surface area contributed by atoms with E-state index in [1.807, 2.05) is 24.5 Å². The Bertz CT molecular complexity index is 548. The maximum absolute atomic E-state index is 13.3. The van der Waals surface area contributed by atoms with Gasteiger partial charge < -0.3 is 5.32 Å². The summed E-state index contributed by atoms with van der Waals surface area (Å²) in [5.74, 6) is -0.241. The average Bonchev–Trinajstić information content (AvgIpc) is 2.48. The van der Waals surface area contributed by atoms with E-state index in [0.29, 0.717) is 4.47 Å². The largest absolute Gasteiger partial charge is 0.310 e. The highest BCUT2D eigenvalue weighted by Crippen LogP contribution is 2.22. The lowest BCUT2D eigenvalue weighted by Gasteiger charge is -2.18. The number of nitrogens with zero attached hydrogens (tertiary/aromatic N) is 2. The molecule has 0 aliphatic rings. The lowest BCUT2D eigenvalue weighted by atomic mass is 10.0. The number of halogens is 2. The van der Waals surface area contributed by atoms with Crippen LogP contribution in [0.3, 0.4) is 0 Å². The topological polar surface area (TPSA) is 37.8 Å². The van der Waals surface area contributed by atoms with Crippen LogP contribution >= 0.6 is 15.9 Å². The van der Waals surface area contributed by atoms with Gasteiger partial charge in [0.15, 0.2) is 0 Å². The molecule has 0 fully saturated rings. The zero-order valence-corrected chi connectivity index (χ0v) is 12.9. The summed E-state index contributed by atoms with van der Waals surface area (Å²) in [6.07, 6.45) is 6.98. The predicted molar refractivity (Wildman–Crippen MR) is 80.9 cm³/mol. The van der Waals surface area contributed by atoms with Gasteiger partial charge in [-0.2, -0.15) is 0 Å². The lowest BCUT2D eigenvalue weighted by molar-refractivity contribution is 0.525. The Balaban J connectivity index is 2.17. The zero-order chi connectivity index (χ0) is 14.4. The van der Waals surface area contributed by atoms with Crippen molar-refractivity contribution in [3.63, 3.8) is 0 Å². The molecule has 0 saturated heterocycles. The highest BCUT2D eigenvalue weighted by atomic mass is 79.9. The first-order chi connectivity index (χ1) is 9.70. The Morgan fingerprint density at radius 3 is 2.70 bits per heavy atom. The third-order valence-electron chi connectivity index (χ3n) is 3.05. The molecule has 0 aliphatic heterocycles.